The van der Waals surface area contributed by atoms with Crippen molar-refractivity contribution in [1.29, 1.82) is 0 Å². The quantitative estimate of drug-likeness (QED) is 0.547. The van der Waals surface area contributed by atoms with E-state index in [1.165, 1.54) is 13.1 Å². The molecular weight excluding hydrogens is 424 g/mol. The van der Waals surface area contributed by atoms with Crippen molar-refractivity contribution in [1.82, 2.24) is 15.5 Å². The third kappa shape index (κ3) is 4.34. The molecule has 1 amide bonds. The maximum atomic E-state index is 14.5. The minimum Gasteiger partial charge on any atom is -0.380 e. The van der Waals surface area contributed by atoms with E-state index in [-0.39, 0.29) is 33.8 Å². The van der Waals surface area contributed by atoms with E-state index in [0.29, 0.717) is 24.7 Å². The molecule has 5 nitrogen and oxygen atoms in total. The summed E-state index contributed by atoms with van der Waals surface area (Å²) in [6.45, 7) is 4.76. The van der Waals surface area contributed by atoms with E-state index in [1.807, 2.05) is 18.2 Å². The van der Waals surface area contributed by atoms with Crippen LogP contribution in [0, 0.1) is 24.0 Å². The number of carbonyl (C=O) groups excluding carboxylic acids is 1. The zero-order valence-electron chi connectivity index (χ0n) is 17.1. The van der Waals surface area contributed by atoms with Crippen LogP contribution >= 0.6 is 11.6 Å². The van der Waals surface area contributed by atoms with Gasteiger partial charge < -0.3 is 10.1 Å². The van der Waals surface area contributed by atoms with Crippen LogP contribution in [0.2, 0.25) is 5.02 Å². The van der Waals surface area contributed by atoms with Gasteiger partial charge >= 0.3 is 0 Å². The van der Waals surface area contributed by atoms with Crippen molar-refractivity contribution in [3.05, 3.63) is 75.9 Å². The Morgan fingerprint density at radius 2 is 2.03 bits per heavy atom. The molecule has 0 unspecified atom stereocenters. The lowest BCUT2D eigenvalue weighted by Crippen LogP contribution is -2.43. The zero-order chi connectivity index (χ0) is 22.2. The Bertz CT molecular complexity index is 1130. The lowest BCUT2D eigenvalue weighted by molar-refractivity contribution is -0.109. The summed E-state index contributed by atoms with van der Waals surface area (Å²) < 4.78 is 33.9. The lowest BCUT2D eigenvalue weighted by Gasteiger charge is -2.40. The van der Waals surface area contributed by atoms with Gasteiger partial charge in [-0.1, -0.05) is 30.7 Å². The average molecular weight is 446 g/mol. The number of aromatic nitrogens is 2. The van der Waals surface area contributed by atoms with Crippen molar-refractivity contribution < 1.29 is 18.3 Å². The van der Waals surface area contributed by atoms with Crippen molar-refractivity contribution in [2.45, 2.75) is 26.3 Å². The summed E-state index contributed by atoms with van der Waals surface area (Å²) >= 11 is 6.17. The number of nitrogens with one attached hydrogen (secondary N) is 2. The van der Waals surface area contributed by atoms with Gasteiger partial charge in [-0.25, -0.2) is 8.78 Å². The van der Waals surface area contributed by atoms with Crippen LogP contribution in [0.15, 0.2) is 42.6 Å². The summed E-state index contributed by atoms with van der Waals surface area (Å²) in [5, 5.41) is 10.1. The molecule has 0 saturated carbocycles. The number of ether oxygens (including phenoxy) is 1. The fraction of sp³-hybridized carbons (Fsp3) is 0.304. The van der Waals surface area contributed by atoms with Crippen molar-refractivity contribution in [3.8, 4) is 11.3 Å². The van der Waals surface area contributed by atoms with E-state index >= 15 is 0 Å². The van der Waals surface area contributed by atoms with Gasteiger partial charge in [-0.05, 0) is 48.7 Å². The molecule has 1 saturated heterocycles. The number of halogens is 3. The highest BCUT2D eigenvalue weighted by molar-refractivity contribution is 6.30. The van der Waals surface area contributed by atoms with E-state index in [1.54, 1.807) is 6.07 Å². The molecule has 2 heterocycles. The second-order valence-electron chi connectivity index (χ2n) is 8.28. The summed E-state index contributed by atoms with van der Waals surface area (Å²) in [5.41, 5.74) is 1.13. The van der Waals surface area contributed by atoms with Gasteiger partial charge in [0.1, 0.15) is 11.6 Å². The lowest BCUT2D eigenvalue weighted by atomic mass is 9.80. The first-order valence-electron chi connectivity index (χ1n) is 9.90. The third-order valence-corrected chi connectivity index (χ3v) is 5.87. The van der Waals surface area contributed by atoms with Gasteiger partial charge in [0.2, 0.25) is 0 Å². The molecule has 0 aliphatic carbocycles. The molecule has 0 spiro atoms. The number of aromatic amines is 1. The van der Waals surface area contributed by atoms with E-state index in [0.717, 1.165) is 17.7 Å². The number of benzene rings is 2. The summed E-state index contributed by atoms with van der Waals surface area (Å²) in [7, 11) is 0. The van der Waals surface area contributed by atoms with Gasteiger partial charge in [-0.15, -0.1) is 0 Å². The number of hydrogen-bond acceptors (Lipinski definition) is 3. The van der Waals surface area contributed by atoms with Crippen LogP contribution in [-0.4, -0.2) is 29.3 Å². The van der Waals surface area contributed by atoms with Crippen LogP contribution in [-0.2, 0) is 4.74 Å². The highest BCUT2D eigenvalue weighted by atomic mass is 35.5. The molecule has 2 N–H and O–H groups in total. The van der Waals surface area contributed by atoms with Crippen LogP contribution in [0.5, 0.6) is 0 Å². The molecule has 1 aliphatic heterocycles. The van der Waals surface area contributed by atoms with E-state index in [4.69, 9.17) is 16.3 Å². The van der Waals surface area contributed by atoms with Gasteiger partial charge in [0.15, 0.2) is 0 Å². The number of amides is 1. The zero-order valence-corrected chi connectivity index (χ0v) is 17.9. The number of hydrogen-bond donors (Lipinski definition) is 2. The fourth-order valence-electron chi connectivity index (χ4n) is 3.88. The van der Waals surface area contributed by atoms with Crippen LogP contribution < -0.4 is 5.32 Å². The van der Waals surface area contributed by atoms with Crippen LogP contribution in [0.3, 0.4) is 0 Å². The van der Waals surface area contributed by atoms with Gasteiger partial charge in [0.05, 0.1) is 36.7 Å². The summed E-state index contributed by atoms with van der Waals surface area (Å²) in [6, 6.07) is 9.04. The highest BCUT2D eigenvalue weighted by Gasteiger charge is 2.37. The smallest absolute Gasteiger partial charge is 0.255 e. The fourth-order valence-corrected chi connectivity index (χ4v) is 4.08. The Hall–Kier alpha value is -2.77. The molecule has 2 aromatic carbocycles. The average Bonchev–Trinajstić information content (AvgIpc) is 3.19. The Morgan fingerprint density at radius 1 is 1.29 bits per heavy atom. The minimum absolute atomic E-state index is 0.0127. The van der Waals surface area contributed by atoms with Gasteiger partial charge in [-0.3, -0.25) is 9.89 Å². The van der Waals surface area contributed by atoms with Crippen LogP contribution in [0.4, 0.5) is 8.78 Å². The molecule has 3 aromatic rings. The van der Waals surface area contributed by atoms with Crippen molar-refractivity contribution >= 4 is 17.5 Å². The SMILES string of the molecule is Cc1c(F)ccc(F)c1-c1[nH]ncc1C(=O)N[C@H](CC1(C)COC1)c1cccc(Cl)c1. The number of nitrogens with zero attached hydrogens (tertiary/aromatic N) is 1. The largest absolute Gasteiger partial charge is 0.380 e. The van der Waals surface area contributed by atoms with Crippen molar-refractivity contribution in [3.63, 3.8) is 0 Å². The highest BCUT2D eigenvalue weighted by Crippen LogP contribution is 2.37. The molecule has 0 radical (unpaired) electrons. The minimum atomic E-state index is -0.636. The Kier molecular flexibility index (Phi) is 5.81. The predicted molar refractivity (Wildman–Crippen MR) is 114 cm³/mol. The van der Waals surface area contributed by atoms with Gasteiger partial charge in [-0.2, -0.15) is 5.10 Å². The first kappa shape index (κ1) is 21.5. The number of rotatable bonds is 6. The van der Waals surface area contributed by atoms with Gasteiger partial charge in [0, 0.05) is 16.0 Å². The monoisotopic (exact) mass is 445 g/mol. The molecule has 1 atom stereocenters. The van der Waals surface area contributed by atoms with Crippen molar-refractivity contribution in [2.75, 3.05) is 13.2 Å². The third-order valence-electron chi connectivity index (χ3n) is 5.64. The second-order valence-corrected chi connectivity index (χ2v) is 8.71. The molecule has 1 fully saturated rings. The van der Waals surface area contributed by atoms with Crippen molar-refractivity contribution in [2.24, 2.45) is 5.41 Å². The number of carbonyl (C=O) groups is 1. The molecular formula is C23H22ClF2N3O2. The van der Waals surface area contributed by atoms with E-state index in [9.17, 15) is 13.6 Å². The predicted octanol–water partition coefficient (Wildman–Crippen LogP) is 5.21. The van der Waals surface area contributed by atoms with E-state index < -0.39 is 17.5 Å². The first-order chi connectivity index (χ1) is 14.8. The summed E-state index contributed by atoms with van der Waals surface area (Å²) in [5.74, 6) is -1.64. The molecule has 1 aromatic heterocycles. The van der Waals surface area contributed by atoms with Gasteiger partial charge in [0.25, 0.3) is 5.91 Å². The Morgan fingerprint density at radius 3 is 2.71 bits per heavy atom. The molecule has 4 rings (SSSR count). The molecule has 1 aliphatic rings. The Labute approximate surface area is 183 Å². The molecule has 31 heavy (non-hydrogen) atoms. The summed E-state index contributed by atoms with van der Waals surface area (Å²) in [4.78, 5) is 13.2. The van der Waals surface area contributed by atoms with E-state index in [2.05, 4.69) is 22.4 Å². The van der Waals surface area contributed by atoms with Crippen LogP contribution in [0.25, 0.3) is 11.3 Å². The topological polar surface area (TPSA) is 67.0 Å². The normalized spacial score (nSPS) is 15.9. The summed E-state index contributed by atoms with van der Waals surface area (Å²) in [6.07, 6.45) is 1.96. The first-order valence-corrected chi connectivity index (χ1v) is 10.3. The Balaban J connectivity index is 1.66. The maximum absolute atomic E-state index is 14.5. The molecule has 0 bridgehead atoms. The van der Waals surface area contributed by atoms with Crippen LogP contribution in [0.1, 0.15) is 40.9 Å². The maximum Gasteiger partial charge on any atom is 0.255 e. The standard InChI is InChI=1S/C23H22ClF2N3O2/c1-13-17(25)6-7-18(26)20(13)21-16(10-27-29-21)22(30)28-19(9-23(2)11-31-12-23)14-4-3-5-15(24)8-14/h3-8,10,19H,9,11-12H2,1-2H3,(H,27,29)(H,28,30)/t19-/m1/s1. The second kappa shape index (κ2) is 8.40. The molecule has 8 heteroatoms. The molecule has 162 valence electrons. The number of H-pyrrole nitrogens is 1.